The summed E-state index contributed by atoms with van der Waals surface area (Å²) in [4.78, 5) is 31.7. The molecule has 2 N–H and O–H groups in total. The van der Waals surface area contributed by atoms with E-state index in [9.17, 15) is 19.7 Å². The lowest BCUT2D eigenvalue weighted by atomic mass is 10.0. The Morgan fingerprint density at radius 3 is 2.09 bits per heavy atom. The van der Waals surface area contributed by atoms with Gasteiger partial charge >= 0.3 is 0 Å². The van der Waals surface area contributed by atoms with Crippen LogP contribution in [0.25, 0.3) is 0 Å². The van der Waals surface area contributed by atoms with Crippen LogP contribution in [0.1, 0.15) is 29.3 Å². The highest BCUT2D eigenvalue weighted by Gasteiger charge is 2.12. The average Bonchev–Trinajstić information content (AvgIpc) is 2.55. The third kappa shape index (κ3) is 5.16. The molecule has 2 aromatic rings. The second-order valence-corrected chi connectivity index (χ2v) is 4.32. The van der Waals surface area contributed by atoms with Gasteiger partial charge in [0, 0.05) is 29.7 Å². The van der Waals surface area contributed by atoms with Gasteiger partial charge in [0.1, 0.15) is 0 Å². The first-order valence-corrected chi connectivity index (χ1v) is 6.58. The van der Waals surface area contributed by atoms with Gasteiger partial charge in [-0.3, -0.25) is 19.7 Å². The van der Waals surface area contributed by atoms with Gasteiger partial charge in [0.2, 0.25) is 5.91 Å². The van der Waals surface area contributed by atoms with E-state index in [0.29, 0.717) is 17.5 Å². The van der Waals surface area contributed by atoms with E-state index in [4.69, 9.17) is 0 Å². The zero-order chi connectivity index (χ0) is 16.5. The van der Waals surface area contributed by atoms with Gasteiger partial charge in [0.15, 0.2) is 5.78 Å². The molecule has 6 nitrogen and oxygen atoms in total. The minimum Gasteiger partial charge on any atom is -0.370 e. The number of non-ortho nitro benzene ring substituents is 1. The van der Waals surface area contributed by atoms with Gasteiger partial charge in [0.05, 0.1) is 4.92 Å². The van der Waals surface area contributed by atoms with Gasteiger partial charge in [-0.05, 0) is 0 Å². The number of primary amides is 1. The quantitative estimate of drug-likeness (QED) is 0.532. The van der Waals surface area contributed by atoms with Crippen LogP contribution in [0.5, 0.6) is 0 Å². The number of carbonyl (C=O) groups excluding carboxylic acids is 2. The van der Waals surface area contributed by atoms with Crippen molar-refractivity contribution in [2.45, 2.75) is 13.3 Å². The van der Waals surface area contributed by atoms with Crippen molar-refractivity contribution in [3.63, 3.8) is 0 Å². The molecule has 0 unspecified atom stereocenters. The third-order valence-corrected chi connectivity index (χ3v) is 2.70. The first kappa shape index (κ1) is 17.0. The van der Waals surface area contributed by atoms with Gasteiger partial charge in [-0.2, -0.15) is 0 Å². The van der Waals surface area contributed by atoms with Gasteiger partial charge in [-0.1, -0.05) is 49.4 Å². The third-order valence-electron chi connectivity index (χ3n) is 2.70. The van der Waals surface area contributed by atoms with Crippen LogP contribution < -0.4 is 5.73 Å². The smallest absolute Gasteiger partial charge is 0.270 e. The maximum Gasteiger partial charge on any atom is 0.270 e. The number of amides is 1. The van der Waals surface area contributed by atoms with E-state index in [0.717, 1.165) is 0 Å². The summed E-state index contributed by atoms with van der Waals surface area (Å²) in [6, 6.07) is 14.4. The number of nitrogens with two attached hydrogens (primary N) is 1. The highest BCUT2D eigenvalue weighted by atomic mass is 16.6. The predicted molar refractivity (Wildman–Crippen MR) is 82.5 cm³/mol. The van der Waals surface area contributed by atoms with Crippen LogP contribution in [0.4, 0.5) is 5.69 Å². The minimum absolute atomic E-state index is 0.0771. The van der Waals surface area contributed by atoms with E-state index in [1.54, 1.807) is 37.3 Å². The maximum absolute atomic E-state index is 12.0. The van der Waals surface area contributed by atoms with E-state index in [1.807, 2.05) is 6.07 Å². The Kier molecular flexibility index (Phi) is 6.43. The van der Waals surface area contributed by atoms with Crippen LogP contribution in [0.3, 0.4) is 0 Å². The zero-order valence-electron chi connectivity index (χ0n) is 12.1. The minimum atomic E-state index is -0.512. The number of nitro groups is 1. The molecule has 1 amide bonds. The first-order chi connectivity index (χ1) is 10.5. The van der Waals surface area contributed by atoms with Crippen molar-refractivity contribution >= 4 is 17.4 Å². The van der Waals surface area contributed by atoms with Gasteiger partial charge in [0.25, 0.3) is 5.69 Å². The fourth-order valence-corrected chi connectivity index (χ4v) is 1.52. The first-order valence-electron chi connectivity index (χ1n) is 6.58. The summed E-state index contributed by atoms with van der Waals surface area (Å²) in [6.07, 6.45) is 0.444. The summed E-state index contributed by atoms with van der Waals surface area (Å²) in [7, 11) is 0. The Balaban J connectivity index is 0.000000422. The van der Waals surface area contributed by atoms with Crippen LogP contribution in [-0.4, -0.2) is 16.6 Å². The SMILES string of the molecule is CCC(N)=O.O=C(c1ccccc1)c1cccc([N+](=O)[O-])c1. The Morgan fingerprint density at radius 2 is 1.59 bits per heavy atom. The summed E-state index contributed by atoms with van der Waals surface area (Å²) in [5.41, 5.74) is 5.42. The van der Waals surface area contributed by atoms with Crippen molar-refractivity contribution < 1.29 is 14.5 Å². The number of nitro benzene ring substituents is 1. The van der Waals surface area contributed by atoms with Crippen molar-refractivity contribution in [1.29, 1.82) is 0 Å². The molecule has 0 aliphatic carbocycles. The lowest BCUT2D eigenvalue weighted by Crippen LogP contribution is -2.06. The number of nitrogens with zero attached hydrogens (tertiary/aromatic N) is 1. The van der Waals surface area contributed by atoms with E-state index in [1.165, 1.54) is 18.2 Å². The number of hydrogen-bond donors (Lipinski definition) is 1. The lowest BCUT2D eigenvalue weighted by molar-refractivity contribution is -0.384. The Morgan fingerprint density at radius 1 is 1.05 bits per heavy atom. The number of benzene rings is 2. The summed E-state index contributed by atoms with van der Waals surface area (Å²) in [5, 5.41) is 10.6. The second kappa shape index (κ2) is 8.31. The van der Waals surface area contributed by atoms with Crippen LogP contribution in [-0.2, 0) is 4.79 Å². The fraction of sp³-hybridized carbons (Fsp3) is 0.125. The number of ketones is 1. The molecule has 0 heterocycles. The van der Waals surface area contributed by atoms with E-state index in [2.05, 4.69) is 5.73 Å². The summed E-state index contributed by atoms with van der Waals surface area (Å²) >= 11 is 0. The molecule has 0 radical (unpaired) electrons. The Hall–Kier alpha value is -3.02. The molecule has 6 heteroatoms. The number of hydrogen-bond acceptors (Lipinski definition) is 4. The molecule has 114 valence electrons. The molecule has 0 aliphatic rings. The molecule has 0 spiro atoms. The van der Waals surface area contributed by atoms with Crippen LogP contribution in [0.15, 0.2) is 54.6 Å². The number of rotatable bonds is 4. The Bertz CT molecular complexity index is 669. The molecule has 2 aromatic carbocycles. The van der Waals surface area contributed by atoms with Crippen molar-refractivity contribution in [3.05, 3.63) is 75.8 Å². The van der Waals surface area contributed by atoms with Gasteiger partial charge in [-0.25, -0.2) is 0 Å². The van der Waals surface area contributed by atoms with Crippen LogP contribution in [0, 0.1) is 10.1 Å². The largest absolute Gasteiger partial charge is 0.370 e. The molecular formula is C16H16N2O4. The molecule has 2 rings (SSSR count). The topological polar surface area (TPSA) is 103 Å². The van der Waals surface area contributed by atoms with Crippen molar-refractivity contribution in [2.24, 2.45) is 5.73 Å². The molecule has 0 saturated carbocycles. The van der Waals surface area contributed by atoms with Crippen LogP contribution >= 0.6 is 0 Å². The molecule has 0 saturated heterocycles. The van der Waals surface area contributed by atoms with Crippen molar-refractivity contribution in [1.82, 2.24) is 0 Å². The zero-order valence-corrected chi connectivity index (χ0v) is 12.1. The van der Waals surface area contributed by atoms with Gasteiger partial charge < -0.3 is 5.73 Å². The molecule has 0 atom stereocenters. The highest BCUT2D eigenvalue weighted by molar-refractivity contribution is 6.09. The van der Waals surface area contributed by atoms with E-state index < -0.39 is 4.92 Å². The highest BCUT2D eigenvalue weighted by Crippen LogP contribution is 2.16. The summed E-state index contributed by atoms with van der Waals surface area (Å²) in [5.74, 6) is -0.459. The van der Waals surface area contributed by atoms with Crippen LogP contribution in [0.2, 0.25) is 0 Å². The van der Waals surface area contributed by atoms with Gasteiger partial charge in [-0.15, -0.1) is 0 Å². The summed E-state index contributed by atoms with van der Waals surface area (Å²) < 4.78 is 0. The average molecular weight is 300 g/mol. The standard InChI is InChI=1S/C13H9NO3.C3H7NO/c15-13(10-5-2-1-3-6-10)11-7-4-8-12(9-11)14(16)17;1-2-3(4)5/h1-9H;2H2,1H3,(H2,4,5). The lowest BCUT2D eigenvalue weighted by Gasteiger charge is -2.00. The fourth-order valence-electron chi connectivity index (χ4n) is 1.52. The predicted octanol–water partition coefficient (Wildman–Crippen LogP) is 2.71. The molecule has 0 fully saturated rings. The molecule has 22 heavy (non-hydrogen) atoms. The molecule has 0 bridgehead atoms. The van der Waals surface area contributed by atoms with Crippen molar-refractivity contribution in [3.8, 4) is 0 Å². The molecule has 0 aliphatic heterocycles. The second-order valence-electron chi connectivity index (χ2n) is 4.32. The summed E-state index contributed by atoms with van der Waals surface area (Å²) in [6.45, 7) is 1.72. The molecule has 0 aromatic heterocycles. The normalized spacial score (nSPS) is 9.32. The number of carbonyl (C=O) groups is 2. The van der Waals surface area contributed by atoms with Crippen molar-refractivity contribution in [2.75, 3.05) is 0 Å². The maximum atomic E-state index is 12.0. The monoisotopic (exact) mass is 300 g/mol. The van der Waals surface area contributed by atoms with E-state index >= 15 is 0 Å². The molecular weight excluding hydrogens is 284 g/mol. The van der Waals surface area contributed by atoms with E-state index in [-0.39, 0.29) is 17.4 Å². The Labute approximate surface area is 127 Å².